The number of benzene rings is 1. The van der Waals surface area contributed by atoms with Crippen molar-refractivity contribution >= 4 is 28.6 Å². The lowest BCUT2D eigenvalue weighted by Crippen LogP contribution is -2.07. The van der Waals surface area contributed by atoms with E-state index >= 15 is 0 Å². The molecule has 3 aromatic heterocycles. The number of halogens is 4. The SMILES string of the molecule is Cc1nc2ncc(F)cc2n1-c1cc(N)nc(Nc2ccc(C(F)(F)F)cc2)n1. The number of imidazole rings is 1. The van der Waals surface area contributed by atoms with Crippen LogP contribution in [-0.4, -0.2) is 24.5 Å². The molecule has 0 aliphatic rings. The minimum atomic E-state index is -4.43. The molecular weight excluding hydrogens is 390 g/mol. The van der Waals surface area contributed by atoms with Crippen LogP contribution in [0.15, 0.2) is 42.6 Å². The van der Waals surface area contributed by atoms with Crippen molar-refractivity contribution in [3.63, 3.8) is 0 Å². The summed E-state index contributed by atoms with van der Waals surface area (Å²) in [6, 6.07) is 7.13. The normalized spacial score (nSPS) is 11.8. The Hall–Kier alpha value is -3.76. The van der Waals surface area contributed by atoms with Gasteiger partial charge in [-0.15, -0.1) is 0 Å². The maximum atomic E-state index is 13.7. The molecule has 29 heavy (non-hydrogen) atoms. The number of aromatic nitrogens is 5. The maximum absolute atomic E-state index is 13.7. The zero-order valence-corrected chi connectivity index (χ0v) is 14.9. The predicted octanol–water partition coefficient (Wildman–Crippen LogP) is 4.00. The van der Waals surface area contributed by atoms with Crippen LogP contribution in [-0.2, 0) is 6.18 Å². The number of pyridine rings is 1. The molecule has 0 atom stereocenters. The van der Waals surface area contributed by atoms with Crippen LogP contribution in [0.4, 0.5) is 35.0 Å². The summed E-state index contributed by atoms with van der Waals surface area (Å²) in [6.07, 6.45) is -3.37. The number of nitrogens with two attached hydrogens (primary N) is 1. The van der Waals surface area contributed by atoms with Crippen molar-refractivity contribution in [2.24, 2.45) is 0 Å². The van der Waals surface area contributed by atoms with Crippen molar-refractivity contribution < 1.29 is 17.6 Å². The molecule has 0 amide bonds. The predicted molar refractivity (Wildman–Crippen MR) is 98.3 cm³/mol. The first-order valence-electron chi connectivity index (χ1n) is 8.30. The van der Waals surface area contributed by atoms with Crippen molar-refractivity contribution in [2.45, 2.75) is 13.1 Å². The van der Waals surface area contributed by atoms with E-state index in [1.54, 1.807) is 11.5 Å². The molecule has 1 aromatic carbocycles. The zero-order chi connectivity index (χ0) is 20.8. The summed E-state index contributed by atoms with van der Waals surface area (Å²) in [5.41, 5.74) is 6.15. The fourth-order valence-corrected chi connectivity index (χ4v) is 2.83. The molecule has 148 valence electrons. The minimum absolute atomic E-state index is 0.0605. The van der Waals surface area contributed by atoms with Gasteiger partial charge in [0.05, 0.1) is 17.3 Å². The first-order chi connectivity index (χ1) is 13.7. The summed E-state index contributed by atoms with van der Waals surface area (Å²) in [6.45, 7) is 1.70. The highest BCUT2D eigenvalue weighted by Gasteiger charge is 2.30. The molecule has 0 aliphatic carbocycles. The van der Waals surface area contributed by atoms with E-state index in [9.17, 15) is 17.6 Å². The standard InChI is InChI=1S/C18H13F4N7/c1-9-25-16-13(6-11(19)8-24-16)29(9)15-7-14(23)27-17(28-15)26-12-4-2-10(3-5-12)18(20,21)22/h2-8H,1H3,(H3,23,26,27,28). The van der Waals surface area contributed by atoms with Crippen molar-refractivity contribution in [2.75, 3.05) is 11.1 Å². The number of nitrogens with one attached hydrogen (secondary N) is 1. The van der Waals surface area contributed by atoms with Crippen molar-refractivity contribution in [3.8, 4) is 5.82 Å². The first-order valence-corrected chi connectivity index (χ1v) is 8.30. The van der Waals surface area contributed by atoms with Crippen molar-refractivity contribution in [1.29, 1.82) is 0 Å². The van der Waals surface area contributed by atoms with Gasteiger partial charge in [-0.1, -0.05) is 0 Å². The Morgan fingerprint density at radius 1 is 1.03 bits per heavy atom. The van der Waals surface area contributed by atoms with Gasteiger partial charge in [0.15, 0.2) is 5.65 Å². The maximum Gasteiger partial charge on any atom is 0.416 e. The van der Waals surface area contributed by atoms with Crippen LogP contribution in [0.25, 0.3) is 17.0 Å². The van der Waals surface area contributed by atoms with Crippen LogP contribution in [0.2, 0.25) is 0 Å². The van der Waals surface area contributed by atoms with E-state index in [1.165, 1.54) is 24.3 Å². The lowest BCUT2D eigenvalue weighted by atomic mass is 10.2. The number of hydrogen-bond donors (Lipinski definition) is 2. The van der Waals surface area contributed by atoms with E-state index in [4.69, 9.17) is 5.73 Å². The second kappa shape index (κ2) is 6.69. The van der Waals surface area contributed by atoms with Gasteiger partial charge in [-0.3, -0.25) is 4.57 Å². The van der Waals surface area contributed by atoms with Crippen molar-refractivity contribution in [1.82, 2.24) is 24.5 Å². The van der Waals surface area contributed by atoms with Gasteiger partial charge < -0.3 is 11.1 Å². The third kappa shape index (κ3) is 3.66. The van der Waals surface area contributed by atoms with Gasteiger partial charge in [-0.05, 0) is 31.2 Å². The van der Waals surface area contributed by atoms with Gasteiger partial charge in [0, 0.05) is 17.8 Å². The molecule has 0 spiro atoms. The van der Waals surface area contributed by atoms with E-state index < -0.39 is 17.6 Å². The van der Waals surface area contributed by atoms with E-state index in [-0.39, 0.29) is 11.8 Å². The molecular formula is C18H13F4N7. The topological polar surface area (TPSA) is 94.5 Å². The van der Waals surface area contributed by atoms with Gasteiger partial charge in [0.25, 0.3) is 0 Å². The number of nitrogen functional groups attached to an aromatic ring is 1. The van der Waals surface area contributed by atoms with E-state index in [1.807, 2.05) is 0 Å². The van der Waals surface area contributed by atoms with Crippen LogP contribution in [0, 0.1) is 12.7 Å². The molecule has 3 N–H and O–H groups in total. The molecule has 7 nitrogen and oxygen atoms in total. The highest BCUT2D eigenvalue weighted by Crippen LogP contribution is 2.30. The van der Waals surface area contributed by atoms with Gasteiger partial charge in [-0.25, -0.2) is 14.4 Å². The summed E-state index contributed by atoms with van der Waals surface area (Å²) in [5.74, 6) is 0.431. The Morgan fingerprint density at radius 2 is 1.76 bits per heavy atom. The van der Waals surface area contributed by atoms with E-state index in [0.29, 0.717) is 28.5 Å². The monoisotopic (exact) mass is 403 g/mol. The highest BCUT2D eigenvalue weighted by atomic mass is 19.4. The first kappa shape index (κ1) is 18.6. The van der Waals surface area contributed by atoms with Crippen LogP contribution in [0.5, 0.6) is 0 Å². The van der Waals surface area contributed by atoms with Gasteiger partial charge >= 0.3 is 6.18 Å². The molecule has 0 saturated heterocycles. The number of anilines is 3. The number of rotatable bonds is 3. The number of alkyl halides is 3. The second-order valence-corrected chi connectivity index (χ2v) is 6.17. The zero-order valence-electron chi connectivity index (χ0n) is 14.9. The summed E-state index contributed by atoms with van der Waals surface area (Å²) in [4.78, 5) is 16.6. The number of nitrogens with zero attached hydrogens (tertiary/aromatic N) is 5. The minimum Gasteiger partial charge on any atom is -0.383 e. The summed E-state index contributed by atoms with van der Waals surface area (Å²) in [7, 11) is 0. The highest BCUT2D eigenvalue weighted by molar-refractivity contribution is 5.74. The van der Waals surface area contributed by atoms with Crippen molar-refractivity contribution in [3.05, 3.63) is 59.8 Å². The van der Waals surface area contributed by atoms with Crippen LogP contribution in [0.1, 0.15) is 11.4 Å². The summed E-state index contributed by atoms with van der Waals surface area (Å²) < 4.78 is 53.3. The molecule has 0 bridgehead atoms. The Bertz CT molecular complexity index is 1200. The molecule has 0 fully saturated rings. The second-order valence-electron chi connectivity index (χ2n) is 6.17. The smallest absolute Gasteiger partial charge is 0.383 e. The molecule has 0 aliphatic heterocycles. The number of fused-ring (bicyclic) bond motifs is 1. The van der Waals surface area contributed by atoms with E-state index in [0.717, 1.165) is 18.3 Å². The van der Waals surface area contributed by atoms with Gasteiger partial charge in [0.2, 0.25) is 5.95 Å². The largest absolute Gasteiger partial charge is 0.416 e. The molecule has 11 heteroatoms. The van der Waals surface area contributed by atoms with Gasteiger partial charge in [0.1, 0.15) is 23.3 Å². The average Bonchev–Trinajstić information content (AvgIpc) is 2.96. The number of aryl methyl sites for hydroxylation is 1. The Balaban J connectivity index is 1.72. The molecule has 4 rings (SSSR count). The third-order valence-corrected chi connectivity index (χ3v) is 4.08. The average molecular weight is 403 g/mol. The lowest BCUT2D eigenvalue weighted by molar-refractivity contribution is -0.137. The Morgan fingerprint density at radius 3 is 2.45 bits per heavy atom. The van der Waals surface area contributed by atoms with Gasteiger partial charge in [-0.2, -0.15) is 23.1 Å². The molecule has 3 heterocycles. The van der Waals surface area contributed by atoms with Crippen LogP contribution < -0.4 is 11.1 Å². The lowest BCUT2D eigenvalue weighted by Gasteiger charge is -2.11. The molecule has 0 saturated carbocycles. The fraction of sp³-hybridized carbons (Fsp3) is 0.111. The molecule has 0 unspecified atom stereocenters. The van der Waals surface area contributed by atoms with E-state index in [2.05, 4.69) is 25.3 Å². The number of hydrogen-bond acceptors (Lipinski definition) is 6. The van der Waals surface area contributed by atoms with Crippen LogP contribution in [0.3, 0.4) is 0 Å². The Labute approximate surface area is 161 Å². The third-order valence-electron chi connectivity index (χ3n) is 4.08. The molecule has 0 radical (unpaired) electrons. The Kier molecular flexibility index (Phi) is 4.29. The quantitative estimate of drug-likeness (QED) is 0.502. The summed E-state index contributed by atoms with van der Waals surface area (Å²) in [5, 5.41) is 2.81. The summed E-state index contributed by atoms with van der Waals surface area (Å²) >= 11 is 0. The van der Waals surface area contributed by atoms with Crippen LogP contribution >= 0.6 is 0 Å². The molecule has 4 aromatic rings. The fourth-order valence-electron chi connectivity index (χ4n) is 2.83.